The standard InChI is InChI=1S/C8H14N2O5S.C3H7NO2S/c9-4(7(12)13)1-2-6(11)10-5(3-16)8(14)15;4-2(1-7)3(5)6/h4-5,16H,1-3,9H2,(H,10,11)(H,12,13)(H,14,15);2,7H,1,4H2,(H,5,6)/t4-,5-;2-/m00/s1. The van der Waals surface area contributed by atoms with E-state index in [1.165, 1.54) is 0 Å². The Hall–Kier alpha value is -1.50. The number of nitrogens with one attached hydrogen (secondary N) is 1. The molecule has 0 bridgehead atoms. The summed E-state index contributed by atoms with van der Waals surface area (Å²) < 4.78 is 0. The summed E-state index contributed by atoms with van der Waals surface area (Å²) >= 11 is 7.41. The number of amides is 1. The lowest BCUT2D eigenvalue weighted by Gasteiger charge is -2.12. The molecule has 12 heteroatoms. The van der Waals surface area contributed by atoms with Crippen molar-refractivity contribution in [2.75, 3.05) is 11.5 Å². The van der Waals surface area contributed by atoms with E-state index >= 15 is 0 Å². The minimum atomic E-state index is -1.20. The highest BCUT2D eigenvalue weighted by molar-refractivity contribution is 7.80. The fourth-order valence-electron chi connectivity index (χ4n) is 0.940. The Kier molecular flexibility index (Phi) is 13.4. The lowest BCUT2D eigenvalue weighted by Crippen LogP contribution is -2.42. The first-order valence-corrected chi connectivity index (χ1v) is 7.53. The molecule has 0 aromatic carbocycles. The van der Waals surface area contributed by atoms with Crippen LogP contribution >= 0.6 is 25.3 Å². The summed E-state index contributed by atoms with van der Waals surface area (Å²) in [5.41, 5.74) is 10.1. The predicted molar refractivity (Wildman–Crippen MR) is 87.7 cm³/mol. The molecule has 0 aliphatic rings. The van der Waals surface area contributed by atoms with Crippen LogP contribution in [-0.2, 0) is 19.2 Å². The van der Waals surface area contributed by atoms with E-state index in [0.29, 0.717) is 0 Å². The summed E-state index contributed by atoms with van der Waals surface area (Å²) in [6.07, 6.45) is -0.175. The number of thiol groups is 2. The molecule has 0 rings (SSSR count). The molecule has 0 unspecified atom stereocenters. The van der Waals surface area contributed by atoms with Gasteiger partial charge >= 0.3 is 17.9 Å². The van der Waals surface area contributed by atoms with Gasteiger partial charge in [-0.3, -0.25) is 14.4 Å². The highest BCUT2D eigenvalue weighted by Gasteiger charge is 2.19. The molecule has 0 radical (unpaired) electrons. The average Bonchev–Trinajstić information content (AvgIpc) is 2.49. The van der Waals surface area contributed by atoms with E-state index in [4.69, 9.17) is 26.8 Å². The van der Waals surface area contributed by atoms with Crippen molar-refractivity contribution < 1.29 is 34.5 Å². The van der Waals surface area contributed by atoms with Crippen LogP contribution in [0.5, 0.6) is 0 Å². The molecule has 0 spiro atoms. The number of hydrogen-bond acceptors (Lipinski definition) is 8. The van der Waals surface area contributed by atoms with Crippen LogP contribution in [0.1, 0.15) is 12.8 Å². The van der Waals surface area contributed by atoms with Crippen molar-refractivity contribution in [3.63, 3.8) is 0 Å². The number of rotatable bonds is 9. The van der Waals surface area contributed by atoms with Gasteiger partial charge in [0.05, 0.1) is 0 Å². The fourth-order valence-corrected chi connectivity index (χ4v) is 1.34. The van der Waals surface area contributed by atoms with Gasteiger partial charge in [-0.25, -0.2) is 4.79 Å². The van der Waals surface area contributed by atoms with Gasteiger partial charge in [0.15, 0.2) is 0 Å². The van der Waals surface area contributed by atoms with Crippen LogP contribution in [0.4, 0.5) is 0 Å². The second-order valence-corrected chi connectivity index (χ2v) is 4.98. The van der Waals surface area contributed by atoms with Crippen molar-refractivity contribution in [2.24, 2.45) is 11.5 Å². The molecule has 0 saturated heterocycles. The van der Waals surface area contributed by atoms with Crippen LogP contribution in [-0.4, -0.2) is 68.8 Å². The lowest BCUT2D eigenvalue weighted by atomic mass is 10.1. The molecule has 0 aliphatic carbocycles. The number of carbonyl (C=O) groups is 4. The number of nitrogens with two attached hydrogens (primary N) is 2. The van der Waals surface area contributed by atoms with Crippen LogP contribution in [0, 0.1) is 0 Å². The molecule has 1 amide bonds. The predicted octanol–water partition coefficient (Wildman–Crippen LogP) is -1.99. The summed E-state index contributed by atoms with van der Waals surface area (Å²) in [7, 11) is 0. The van der Waals surface area contributed by atoms with Gasteiger partial charge in [-0.1, -0.05) is 0 Å². The van der Waals surface area contributed by atoms with E-state index < -0.39 is 41.9 Å². The molecule has 8 N–H and O–H groups in total. The lowest BCUT2D eigenvalue weighted by molar-refractivity contribution is -0.141. The summed E-state index contributed by atoms with van der Waals surface area (Å²) in [4.78, 5) is 41.8. The molecule has 0 aromatic rings. The zero-order valence-electron chi connectivity index (χ0n) is 12.1. The minimum absolute atomic E-state index is 0.0357. The van der Waals surface area contributed by atoms with Crippen molar-refractivity contribution in [1.82, 2.24) is 5.32 Å². The summed E-state index contributed by atoms with van der Waals surface area (Å²) in [6, 6.07) is -3.01. The van der Waals surface area contributed by atoms with Crippen LogP contribution in [0.3, 0.4) is 0 Å². The Morgan fingerprint density at radius 1 is 0.870 bits per heavy atom. The van der Waals surface area contributed by atoms with Crippen molar-refractivity contribution in [3.8, 4) is 0 Å². The molecule has 3 atom stereocenters. The third-order valence-electron chi connectivity index (χ3n) is 2.33. The molecule has 0 aromatic heterocycles. The van der Waals surface area contributed by atoms with E-state index in [-0.39, 0.29) is 24.3 Å². The summed E-state index contributed by atoms with van der Waals surface area (Å²) in [5, 5.41) is 27.3. The Morgan fingerprint density at radius 2 is 1.35 bits per heavy atom. The van der Waals surface area contributed by atoms with Gasteiger partial charge in [0.1, 0.15) is 18.1 Å². The third kappa shape index (κ3) is 12.7. The van der Waals surface area contributed by atoms with Gasteiger partial charge in [-0.2, -0.15) is 25.3 Å². The van der Waals surface area contributed by atoms with Crippen LogP contribution in [0.25, 0.3) is 0 Å². The number of hydrogen-bond donors (Lipinski definition) is 8. The zero-order chi connectivity index (χ0) is 18.6. The number of carboxylic acids is 3. The molecule has 0 aliphatic heterocycles. The summed E-state index contributed by atoms with van der Waals surface area (Å²) in [5.74, 6) is -3.79. The molecule has 134 valence electrons. The average molecular weight is 371 g/mol. The highest BCUT2D eigenvalue weighted by Crippen LogP contribution is 1.97. The quantitative estimate of drug-likeness (QED) is 0.212. The van der Waals surface area contributed by atoms with Crippen molar-refractivity contribution in [2.45, 2.75) is 31.0 Å². The van der Waals surface area contributed by atoms with E-state index in [9.17, 15) is 19.2 Å². The van der Waals surface area contributed by atoms with E-state index in [1.807, 2.05) is 0 Å². The number of carbonyl (C=O) groups excluding carboxylic acids is 1. The van der Waals surface area contributed by atoms with Gasteiger partial charge < -0.3 is 32.1 Å². The van der Waals surface area contributed by atoms with Gasteiger partial charge in [-0.05, 0) is 6.42 Å². The molecule has 23 heavy (non-hydrogen) atoms. The smallest absolute Gasteiger partial charge is 0.327 e. The van der Waals surface area contributed by atoms with Crippen molar-refractivity contribution in [1.29, 1.82) is 0 Å². The first-order valence-electron chi connectivity index (χ1n) is 6.27. The third-order valence-corrected chi connectivity index (χ3v) is 3.09. The van der Waals surface area contributed by atoms with E-state index in [2.05, 4.69) is 30.6 Å². The molecular weight excluding hydrogens is 350 g/mol. The second-order valence-electron chi connectivity index (χ2n) is 4.25. The first kappa shape index (κ1) is 23.8. The maximum absolute atomic E-state index is 11.2. The zero-order valence-corrected chi connectivity index (χ0v) is 13.9. The Balaban J connectivity index is 0. The molecule has 0 heterocycles. The van der Waals surface area contributed by atoms with Gasteiger partial charge in [0, 0.05) is 17.9 Å². The maximum atomic E-state index is 11.2. The van der Waals surface area contributed by atoms with Crippen molar-refractivity contribution in [3.05, 3.63) is 0 Å². The van der Waals surface area contributed by atoms with Gasteiger partial charge in [-0.15, -0.1) is 0 Å². The summed E-state index contributed by atoms with van der Waals surface area (Å²) in [6.45, 7) is 0. The van der Waals surface area contributed by atoms with E-state index in [1.54, 1.807) is 0 Å². The Labute approximate surface area is 143 Å². The van der Waals surface area contributed by atoms with E-state index in [0.717, 1.165) is 0 Å². The topological polar surface area (TPSA) is 193 Å². The van der Waals surface area contributed by atoms with Crippen LogP contribution in [0.15, 0.2) is 0 Å². The van der Waals surface area contributed by atoms with Crippen LogP contribution < -0.4 is 16.8 Å². The largest absolute Gasteiger partial charge is 0.480 e. The maximum Gasteiger partial charge on any atom is 0.327 e. The molecule has 0 fully saturated rings. The molecule has 0 saturated carbocycles. The molecular formula is C11H21N3O7S2. The first-order chi connectivity index (χ1) is 10.6. The minimum Gasteiger partial charge on any atom is -0.480 e. The Morgan fingerprint density at radius 3 is 1.61 bits per heavy atom. The van der Waals surface area contributed by atoms with Gasteiger partial charge in [0.25, 0.3) is 0 Å². The number of carboxylic acid groups (broad SMARTS) is 3. The second kappa shape index (κ2) is 13.0. The number of aliphatic carboxylic acids is 3. The SMILES string of the molecule is N[C@@H](CCC(=O)N[C@@H](CS)C(=O)O)C(=O)O.N[C@@H](CS)C(=O)O. The highest BCUT2D eigenvalue weighted by atomic mass is 32.1. The van der Waals surface area contributed by atoms with Gasteiger partial charge in [0.2, 0.25) is 5.91 Å². The molecule has 10 nitrogen and oxygen atoms in total. The normalized spacial score (nSPS) is 13.7. The fraction of sp³-hybridized carbons (Fsp3) is 0.636. The van der Waals surface area contributed by atoms with Crippen LogP contribution in [0.2, 0.25) is 0 Å². The Bertz CT molecular complexity index is 422. The monoisotopic (exact) mass is 371 g/mol. The van der Waals surface area contributed by atoms with Crippen molar-refractivity contribution >= 4 is 49.1 Å².